The molecule has 2 rings (SSSR count). The molecule has 2 heteroatoms. The second-order valence-electron chi connectivity index (χ2n) is 3.57. The highest BCUT2D eigenvalue weighted by atomic mass is 19.1. The highest BCUT2D eigenvalue weighted by molar-refractivity contribution is 5.59. The summed E-state index contributed by atoms with van der Waals surface area (Å²) in [5.74, 6) is -0.234. The molecule has 81 valence electrons. The summed E-state index contributed by atoms with van der Waals surface area (Å²) in [6.45, 7) is 2.07. The number of hydrogen-bond acceptors (Lipinski definition) is 1. The summed E-state index contributed by atoms with van der Waals surface area (Å²) in [5.41, 5.74) is 2.29. The third kappa shape index (κ3) is 2.27. The predicted octanol–water partition coefficient (Wildman–Crippen LogP) is 3.85. The van der Waals surface area contributed by atoms with Crippen LogP contribution in [0.3, 0.4) is 0 Å². The first-order chi connectivity index (χ1) is 7.81. The summed E-state index contributed by atoms with van der Waals surface area (Å²) in [5, 5.41) is 0. The van der Waals surface area contributed by atoms with E-state index in [0.717, 1.165) is 12.0 Å². The molecule has 0 saturated heterocycles. The van der Waals surface area contributed by atoms with Crippen LogP contribution in [0.25, 0.3) is 11.3 Å². The van der Waals surface area contributed by atoms with Gasteiger partial charge >= 0.3 is 0 Å². The first-order valence-corrected chi connectivity index (χ1v) is 5.35. The molecule has 0 fully saturated rings. The van der Waals surface area contributed by atoms with Crippen LogP contribution in [0.5, 0.6) is 0 Å². The average molecular weight is 214 g/mol. The van der Waals surface area contributed by atoms with Crippen molar-refractivity contribution in [1.29, 1.82) is 0 Å². The fraction of sp³-hybridized carbons (Fsp3) is 0.143. The molecule has 0 unspecified atom stereocenters. The van der Waals surface area contributed by atoms with E-state index in [1.165, 1.54) is 6.07 Å². The zero-order chi connectivity index (χ0) is 11.4. The Hall–Kier alpha value is -1.70. The van der Waals surface area contributed by atoms with Crippen molar-refractivity contribution in [2.45, 2.75) is 13.3 Å². The topological polar surface area (TPSA) is 12.9 Å². The minimum atomic E-state index is -0.234. The summed E-state index contributed by atoms with van der Waals surface area (Å²) < 4.78 is 13.5. The molecule has 0 saturated carbocycles. The van der Waals surface area contributed by atoms with Crippen LogP contribution in [-0.4, -0.2) is 4.98 Å². The van der Waals surface area contributed by atoms with E-state index >= 15 is 0 Å². The third-order valence-corrected chi connectivity index (χ3v) is 2.38. The van der Waals surface area contributed by atoms with Crippen molar-refractivity contribution in [2.24, 2.45) is 0 Å². The van der Waals surface area contributed by atoms with E-state index in [2.05, 4.69) is 18.3 Å². The van der Waals surface area contributed by atoms with E-state index in [0.29, 0.717) is 11.3 Å². The lowest BCUT2D eigenvalue weighted by Gasteiger charge is -2.03. The Morgan fingerprint density at radius 2 is 2.00 bits per heavy atom. The summed E-state index contributed by atoms with van der Waals surface area (Å²) in [4.78, 5) is 4.26. The molecule has 0 N–H and O–H groups in total. The molecule has 1 radical (unpaired) electrons. The maximum Gasteiger partial charge on any atom is 0.132 e. The molecule has 1 nitrogen and oxygen atoms in total. The van der Waals surface area contributed by atoms with Crippen molar-refractivity contribution in [3.8, 4) is 11.3 Å². The van der Waals surface area contributed by atoms with Crippen LogP contribution in [0.15, 0.2) is 42.6 Å². The monoisotopic (exact) mass is 214 g/mol. The smallest absolute Gasteiger partial charge is 0.132 e. The van der Waals surface area contributed by atoms with E-state index in [9.17, 15) is 4.39 Å². The highest BCUT2D eigenvalue weighted by Crippen LogP contribution is 2.20. The van der Waals surface area contributed by atoms with Gasteiger partial charge in [-0.05, 0) is 36.6 Å². The van der Waals surface area contributed by atoms with Crippen molar-refractivity contribution in [1.82, 2.24) is 4.98 Å². The normalized spacial score (nSPS) is 10.4. The molecule has 0 spiro atoms. The quantitative estimate of drug-likeness (QED) is 0.756. The van der Waals surface area contributed by atoms with Crippen molar-refractivity contribution >= 4 is 0 Å². The summed E-state index contributed by atoms with van der Waals surface area (Å²) >= 11 is 0. The van der Waals surface area contributed by atoms with Gasteiger partial charge in [0.05, 0.1) is 5.69 Å². The molecule has 0 amide bonds. The van der Waals surface area contributed by atoms with Gasteiger partial charge in [0, 0.05) is 11.8 Å². The Kier molecular flexibility index (Phi) is 3.30. The molecule has 1 aromatic carbocycles. The molecule has 16 heavy (non-hydrogen) atoms. The minimum Gasteiger partial charge on any atom is -0.256 e. The first kappa shape index (κ1) is 10.8. The van der Waals surface area contributed by atoms with Gasteiger partial charge in [-0.3, -0.25) is 4.98 Å². The fourth-order valence-corrected chi connectivity index (χ4v) is 1.59. The molecule has 0 aliphatic rings. The van der Waals surface area contributed by atoms with Gasteiger partial charge in [0.25, 0.3) is 0 Å². The second-order valence-corrected chi connectivity index (χ2v) is 3.57. The van der Waals surface area contributed by atoms with Crippen molar-refractivity contribution in [2.75, 3.05) is 0 Å². The van der Waals surface area contributed by atoms with Crippen LogP contribution in [0.1, 0.15) is 18.9 Å². The maximum atomic E-state index is 13.5. The number of rotatable bonds is 3. The minimum absolute atomic E-state index is 0.234. The number of nitrogens with zero attached hydrogens (tertiary/aromatic N) is 1. The van der Waals surface area contributed by atoms with Gasteiger partial charge in [0.2, 0.25) is 0 Å². The zero-order valence-electron chi connectivity index (χ0n) is 9.15. The lowest BCUT2D eigenvalue weighted by Crippen LogP contribution is -1.89. The van der Waals surface area contributed by atoms with Crippen molar-refractivity contribution < 1.29 is 4.39 Å². The summed E-state index contributed by atoms with van der Waals surface area (Å²) in [6.07, 6.45) is 4.82. The maximum absolute atomic E-state index is 13.5. The van der Waals surface area contributed by atoms with Crippen molar-refractivity contribution in [3.05, 3.63) is 60.4 Å². The molecule has 1 heterocycles. The van der Waals surface area contributed by atoms with Crippen LogP contribution in [0.4, 0.5) is 4.39 Å². The third-order valence-electron chi connectivity index (χ3n) is 2.38. The van der Waals surface area contributed by atoms with Crippen molar-refractivity contribution in [3.63, 3.8) is 0 Å². The Balaban J connectivity index is 2.31. The number of halogens is 1. The Morgan fingerprint density at radius 3 is 2.62 bits per heavy atom. The molecular weight excluding hydrogens is 201 g/mol. The van der Waals surface area contributed by atoms with Crippen LogP contribution in [-0.2, 0) is 0 Å². The Labute approximate surface area is 95.0 Å². The predicted molar refractivity (Wildman–Crippen MR) is 63.3 cm³/mol. The zero-order valence-corrected chi connectivity index (χ0v) is 9.15. The molecule has 0 bridgehead atoms. The lowest BCUT2D eigenvalue weighted by atomic mass is 10.1. The molecule has 2 aromatic rings. The largest absolute Gasteiger partial charge is 0.256 e. The van der Waals surface area contributed by atoms with Crippen LogP contribution in [0, 0.1) is 12.2 Å². The molecule has 0 atom stereocenters. The van der Waals surface area contributed by atoms with Crippen LogP contribution < -0.4 is 0 Å². The van der Waals surface area contributed by atoms with Gasteiger partial charge in [-0.25, -0.2) is 4.39 Å². The Morgan fingerprint density at radius 1 is 1.19 bits per heavy atom. The van der Waals surface area contributed by atoms with Gasteiger partial charge in [-0.2, -0.15) is 0 Å². The molecule has 0 aliphatic carbocycles. The second kappa shape index (κ2) is 4.88. The van der Waals surface area contributed by atoms with Gasteiger partial charge in [-0.15, -0.1) is 0 Å². The van der Waals surface area contributed by atoms with Crippen LogP contribution in [0.2, 0.25) is 0 Å². The van der Waals surface area contributed by atoms with Crippen LogP contribution >= 0.6 is 0 Å². The van der Waals surface area contributed by atoms with E-state index in [1.807, 2.05) is 18.2 Å². The lowest BCUT2D eigenvalue weighted by molar-refractivity contribution is 0.630. The van der Waals surface area contributed by atoms with Gasteiger partial charge < -0.3 is 0 Å². The molecule has 1 aromatic heterocycles. The van der Waals surface area contributed by atoms with Gasteiger partial charge in [0.1, 0.15) is 5.82 Å². The number of benzene rings is 1. The van der Waals surface area contributed by atoms with E-state index < -0.39 is 0 Å². The van der Waals surface area contributed by atoms with Gasteiger partial charge in [-0.1, -0.05) is 25.1 Å². The molecule has 0 aliphatic heterocycles. The number of aromatic nitrogens is 1. The molecular formula is C14H13FN. The summed E-state index contributed by atoms with van der Waals surface area (Å²) in [7, 11) is 0. The number of hydrogen-bond donors (Lipinski definition) is 0. The van der Waals surface area contributed by atoms with E-state index in [4.69, 9.17) is 0 Å². The standard InChI is InChI=1S/C14H13FN/c1-2-5-11-8-9-14(16-10-11)12-6-3-4-7-13(12)15/h3-10H,2H2,1H3. The SMILES string of the molecule is CC[CH]c1ccc(-c2ccccc2F)nc1. The fourth-order valence-electron chi connectivity index (χ4n) is 1.59. The Bertz CT molecular complexity index is 462. The summed E-state index contributed by atoms with van der Waals surface area (Å²) in [6, 6.07) is 10.5. The van der Waals surface area contributed by atoms with E-state index in [-0.39, 0.29) is 5.82 Å². The van der Waals surface area contributed by atoms with Gasteiger partial charge in [0.15, 0.2) is 0 Å². The average Bonchev–Trinajstić information content (AvgIpc) is 2.31. The first-order valence-electron chi connectivity index (χ1n) is 5.35. The number of pyridine rings is 1. The highest BCUT2D eigenvalue weighted by Gasteiger charge is 2.04. The van der Waals surface area contributed by atoms with E-state index in [1.54, 1.807) is 18.3 Å².